The van der Waals surface area contributed by atoms with Crippen molar-refractivity contribution in [2.75, 3.05) is 18.0 Å². The summed E-state index contributed by atoms with van der Waals surface area (Å²) < 4.78 is 39.6. The number of halogens is 3. The normalized spacial score (nSPS) is 18.7. The van der Waals surface area contributed by atoms with Gasteiger partial charge in [0.25, 0.3) is 5.56 Å². The van der Waals surface area contributed by atoms with Crippen LogP contribution in [-0.4, -0.2) is 27.6 Å². The lowest BCUT2D eigenvalue weighted by atomic mass is 9.96. The van der Waals surface area contributed by atoms with E-state index >= 15 is 0 Å². The summed E-state index contributed by atoms with van der Waals surface area (Å²) in [5.74, 6) is 1.38. The summed E-state index contributed by atoms with van der Waals surface area (Å²) in [6, 6.07) is 4.15. The van der Waals surface area contributed by atoms with Crippen molar-refractivity contribution in [3.8, 4) is 0 Å². The van der Waals surface area contributed by atoms with Gasteiger partial charge in [0.15, 0.2) is 0 Å². The van der Waals surface area contributed by atoms with Crippen LogP contribution in [0.1, 0.15) is 42.9 Å². The van der Waals surface area contributed by atoms with Gasteiger partial charge in [0.2, 0.25) is 0 Å². The van der Waals surface area contributed by atoms with E-state index < -0.39 is 11.7 Å². The highest BCUT2D eigenvalue weighted by Gasteiger charge is 2.31. The van der Waals surface area contributed by atoms with Gasteiger partial charge in [-0.2, -0.15) is 13.2 Å². The third-order valence-corrected chi connectivity index (χ3v) is 5.36. The Bertz CT molecular complexity index is 850. The maximum absolute atomic E-state index is 12.6. The maximum atomic E-state index is 12.6. The molecule has 1 saturated carbocycles. The van der Waals surface area contributed by atoms with Crippen molar-refractivity contribution in [3.63, 3.8) is 0 Å². The van der Waals surface area contributed by atoms with Crippen molar-refractivity contribution in [1.29, 1.82) is 0 Å². The van der Waals surface area contributed by atoms with Crippen LogP contribution in [0.5, 0.6) is 0 Å². The molecule has 1 saturated heterocycles. The highest BCUT2D eigenvalue weighted by molar-refractivity contribution is 5.40. The van der Waals surface area contributed by atoms with Gasteiger partial charge < -0.3 is 4.90 Å². The second-order valence-corrected chi connectivity index (χ2v) is 7.41. The van der Waals surface area contributed by atoms with E-state index in [1.165, 1.54) is 6.07 Å². The molecule has 0 amide bonds. The lowest BCUT2D eigenvalue weighted by Gasteiger charge is -2.33. The standard InChI is InChI=1S/C19H21F3N4O/c20-19(21,22)15-3-4-17(23-10-15)25-7-5-13(6-8-25)11-26-12-24-16(9-18(26)27)14-1-2-14/h3-4,9-10,12-14H,1-2,5-8,11H2. The zero-order valence-electron chi connectivity index (χ0n) is 14.8. The van der Waals surface area contributed by atoms with Crippen molar-refractivity contribution in [1.82, 2.24) is 14.5 Å². The zero-order chi connectivity index (χ0) is 19.0. The number of anilines is 1. The summed E-state index contributed by atoms with van der Waals surface area (Å²) in [6.45, 7) is 2.06. The van der Waals surface area contributed by atoms with E-state index in [1.54, 1.807) is 17.0 Å². The minimum Gasteiger partial charge on any atom is -0.357 e. The fourth-order valence-electron chi connectivity index (χ4n) is 3.54. The van der Waals surface area contributed by atoms with E-state index in [4.69, 9.17) is 0 Å². The molecule has 0 bridgehead atoms. The van der Waals surface area contributed by atoms with E-state index in [1.807, 2.05) is 4.90 Å². The van der Waals surface area contributed by atoms with Crippen LogP contribution in [0.15, 0.2) is 35.5 Å². The Labute approximate surface area is 154 Å². The Balaban J connectivity index is 1.34. The number of alkyl halides is 3. The van der Waals surface area contributed by atoms with Crippen LogP contribution >= 0.6 is 0 Å². The molecule has 3 heterocycles. The van der Waals surface area contributed by atoms with Gasteiger partial charge in [-0.1, -0.05) is 0 Å². The lowest BCUT2D eigenvalue weighted by molar-refractivity contribution is -0.137. The van der Waals surface area contributed by atoms with Crippen molar-refractivity contribution >= 4 is 5.82 Å². The van der Waals surface area contributed by atoms with Crippen LogP contribution in [0, 0.1) is 5.92 Å². The van der Waals surface area contributed by atoms with E-state index in [0.717, 1.165) is 43.6 Å². The topological polar surface area (TPSA) is 51.0 Å². The smallest absolute Gasteiger partial charge is 0.357 e. The first-order valence-electron chi connectivity index (χ1n) is 9.25. The van der Waals surface area contributed by atoms with Crippen molar-refractivity contribution in [2.45, 2.75) is 44.3 Å². The number of hydrogen-bond acceptors (Lipinski definition) is 4. The Hall–Kier alpha value is -2.38. The van der Waals surface area contributed by atoms with Crippen LogP contribution in [0.3, 0.4) is 0 Å². The summed E-state index contributed by atoms with van der Waals surface area (Å²) in [6.07, 6.45) is 2.13. The van der Waals surface area contributed by atoms with E-state index in [9.17, 15) is 18.0 Å². The van der Waals surface area contributed by atoms with Crippen LogP contribution in [0.25, 0.3) is 0 Å². The molecule has 4 rings (SSSR count). The summed E-state index contributed by atoms with van der Waals surface area (Å²) in [5.41, 5.74) is 0.167. The van der Waals surface area contributed by atoms with Gasteiger partial charge in [-0.05, 0) is 43.7 Å². The molecule has 27 heavy (non-hydrogen) atoms. The van der Waals surface area contributed by atoms with Crippen molar-refractivity contribution < 1.29 is 13.2 Å². The minimum absolute atomic E-state index is 0.00117. The van der Waals surface area contributed by atoms with Gasteiger partial charge in [0.1, 0.15) is 5.82 Å². The van der Waals surface area contributed by atoms with E-state index in [0.29, 0.717) is 37.3 Å². The molecule has 8 heteroatoms. The van der Waals surface area contributed by atoms with Crippen molar-refractivity contribution in [3.05, 3.63) is 52.3 Å². The molecule has 2 aliphatic rings. The van der Waals surface area contributed by atoms with Crippen LogP contribution in [0.4, 0.5) is 19.0 Å². The molecule has 144 valence electrons. The first-order chi connectivity index (χ1) is 12.9. The molecule has 0 radical (unpaired) electrons. The zero-order valence-corrected chi connectivity index (χ0v) is 14.8. The second kappa shape index (κ2) is 6.98. The molecule has 1 aliphatic carbocycles. The van der Waals surface area contributed by atoms with E-state index in [2.05, 4.69) is 9.97 Å². The number of piperidine rings is 1. The monoisotopic (exact) mass is 378 g/mol. The third-order valence-electron chi connectivity index (χ3n) is 5.36. The number of pyridine rings is 1. The second-order valence-electron chi connectivity index (χ2n) is 7.41. The number of nitrogens with zero attached hydrogens (tertiary/aromatic N) is 4. The fraction of sp³-hybridized carbons (Fsp3) is 0.526. The Morgan fingerprint density at radius 1 is 1.07 bits per heavy atom. The molecule has 2 aromatic rings. The highest BCUT2D eigenvalue weighted by atomic mass is 19.4. The SMILES string of the molecule is O=c1cc(C2CC2)ncn1CC1CCN(c2ccc(C(F)(F)F)cn2)CC1. The van der Waals surface area contributed by atoms with Crippen LogP contribution in [-0.2, 0) is 12.7 Å². The predicted molar refractivity (Wildman–Crippen MR) is 94.6 cm³/mol. The molecule has 0 N–H and O–H groups in total. The van der Waals surface area contributed by atoms with Crippen LogP contribution < -0.4 is 10.5 Å². The quantitative estimate of drug-likeness (QED) is 0.818. The minimum atomic E-state index is -4.37. The largest absolute Gasteiger partial charge is 0.417 e. The molecule has 0 unspecified atom stereocenters. The average Bonchev–Trinajstić information content (AvgIpc) is 3.49. The van der Waals surface area contributed by atoms with Crippen molar-refractivity contribution in [2.24, 2.45) is 5.92 Å². The molecule has 0 atom stereocenters. The summed E-state index contributed by atoms with van der Waals surface area (Å²) in [7, 11) is 0. The first kappa shape index (κ1) is 18.0. The maximum Gasteiger partial charge on any atom is 0.417 e. The van der Waals surface area contributed by atoms with Gasteiger partial charge in [-0.15, -0.1) is 0 Å². The van der Waals surface area contributed by atoms with Gasteiger partial charge in [0, 0.05) is 37.8 Å². The molecule has 0 aromatic carbocycles. The lowest BCUT2D eigenvalue weighted by Crippen LogP contribution is -2.36. The summed E-state index contributed by atoms with van der Waals surface area (Å²) >= 11 is 0. The highest BCUT2D eigenvalue weighted by Crippen LogP contribution is 2.38. The Morgan fingerprint density at radius 2 is 1.81 bits per heavy atom. The van der Waals surface area contributed by atoms with Gasteiger partial charge in [-0.3, -0.25) is 9.36 Å². The molecule has 0 spiro atoms. The summed E-state index contributed by atoms with van der Waals surface area (Å²) in [4.78, 5) is 22.6. The number of hydrogen-bond donors (Lipinski definition) is 0. The Kier molecular flexibility index (Phi) is 4.65. The summed E-state index contributed by atoms with van der Waals surface area (Å²) in [5, 5.41) is 0. The number of rotatable bonds is 4. The molecular formula is C19H21F3N4O. The molecule has 2 fully saturated rings. The first-order valence-corrected chi connectivity index (χ1v) is 9.25. The van der Waals surface area contributed by atoms with E-state index in [-0.39, 0.29) is 5.56 Å². The molecule has 2 aromatic heterocycles. The molecular weight excluding hydrogens is 357 g/mol. The van der Waals surface area contributed by atoms with Gasteiger partial charge in [0.05, 0.1) is 17.6 Å². The average molecular weight is 378 g/mol. The Morgan fingerprint density at radius 3 is 2.37 bits per heavy atom. The predicted octanol–water partition coefficient (Wildman–Crippen LogP) is 3.45. The third kappa shape index (κ3) is 4.14. The van der Waals surface area contributed by atoms with Crippen LogP contribution in [0.2, 0.25) is 0 Å². The molecule has 5 nitrogen and oxygen atoms in total. The van der Waals surface area contributed by atoms with Gasteiger partial charge in [-0.25, -0.2) is 9.97 Å². The number of aromatic nitrogens is 3. The molecule has 1 aliphatic heterocycles. The fourth-order valence-corrected chi connectivity index (χ4v) is 3.54. The van der Waals surface area contributed by atoms with Gasteiger partial charge >= 0.3 is 6.18 Å².